The molecular weight excluding hydrogens is 278 g/mol. The number of nitrogens with zero attached hydrogens (tertiary/aromatic N) is 1. The third-order valence-corrected chi connectivity index (χ3v) is 3.03. The van der Waals surface area contributed by atoms with Crippen LogP contribution in [0.5, 0.6) is 5.75 Å². The summed E-state index contributed by atoms with van der Waals surface area (Å²) in [6, 6.07) is 9.80. The molecule has 0 radical (unpaired) electrons. The van der Waals surface area contributed by atoms with Crippen molar-refractivity contribution in [3.05, 3.63) is 30.3 Å². The Balaban J connectivity index is 2.00. The van der Waals surface area contributed by atoms with E-state index < -0.39 is 0 Å². The van der Waals surface area contributed by atoms with Gasteiger partial charge in [-0.05, 0) is 25.0 Å². The summed E-state index contributed by atoms with van der Waals surface area (Å²) in [4.78, 5) is 4.18. The van der Waals surface area contributed by atoms with Gasteiger partial charge in [-0.25, -0.2) is 0 Å². The summed E-state index contributed by atoms with van der Waals surface area (Å²) >= 11 is 0. The fraction of sp³-hybridized carbons (Fsp3) is 0.588. The molecule has 1 aromatic rings. The van der Waals surface area contributed by atoms with Gasteiger partial charge < -0.3 is 20.1 Å². The fourth-order valence-electron chi connectivity index (χ4n) is 1.81. The average molecular weight is 307 g/mol. The Morgan fingerprint density at radius 1 is 1.00 bits per heavy atom. The number of hydrogen-bond donors (Lipinski definition) is 2. The molecule has 22 heavy (non-hydrogen) atoms. The summed E-state index contributed by atoms with van der Waals surface area (Å²) in [7, 11) is 1.77. The molecule has 5 heteroatoms. The second-order valence-corrected chi connectivity index (χ2v) is 4.91. The largest absolute Gasteiger partial charge is 0.492 e. The third-order valence-electron chi connectivity index (χ3n) is 3.03. The van der Waals surface area contributed by atoms with E-state index in [-0.39, 0.29) is 0 Å². The van der Waals surface area contributed by atoms with Crippen LogP contribution in [0, 0.1) is 0 Å². The minimum Gasteiger partial charge on any atom is -0.492 e. The minimum atomic E-state index is 0.602. The molecule has 0 aliphatic rings. The Bertz CT molecular complexity index is 396. The van der Waals surface area contributed by atoms with Crippen molar-refractivity contribution in [1.82, 2.24) is 10.6 Å². The number of para-hydroxylation sites is 1. The monoisotopic (exact) mass is 307 g/mol. The quantitative estimate of drug-likeness (QED) is 0.374. The molecule has 1 aromatic carbocycles. The number of unbranched alkanes of at least 4 members (excludes halogenated alkanes) is 1. The number of guanidine groups is 1. The zero-order valence-electron chi connectivity index (χ0n) is 13.8. The Hall–Kier alpha value is -1.75. The molecule has 5 nitrogen and oxygen atoms in total. The van der Waals surface area contributed by atoms with Gasteiger partial charge in [0.1, 0.15) is 12.4 Å². The van der Waals surface area contributed by atoms with Gasteiger partial charge in [0.2, 0.25) is 0 Å². The van der Waals surface area contributed by atoms with E-state index in [0.29, 0.717) is 13.2 Å². The van der Waals surface area contributed by atoms with E-state index in [1.165, 1.54) is 6.42 Å². The van der Waals surface area contributed by atoms with E-state index in [0.717, 1.165) is 44.3 Å². The third kappa shape index (κ3) is 9.23. The predicted octanol–water partition coefficient (Wildman–Crippen LogP) is 2.44. The maximum absolute atomic E-state index is 5.62. The molecule has 0 amide bonds. The van der Waals surface area contributed by atoms with Crippen LogP contribution in [0.1, 0.15) is 26.2 Å². The highest BCUT2D eigenvalue weighted by atomic mass is 16.5. The van der Waals surface area contributed by atoms with Crippen molar-refractivity contribution in [2.75, 3.05) is 40.0 Å². The predicted molar refractivity (Wildman–Crippen MR) is 91.6 cm³/mol. The summed E-state index contributed by atoms with van der Waals surface area (Å²) in [6.07, 6.45) is 3.29. The van der Waals surface area contributed by atoms with E-state index in [1.54, 1.807) is 7.05 Å². The molecule has 124 valence electrons. The van der Waals surface area contributed by atoms with Gasteiger partial charge in [-0.15, -0.1) is 0 Å². The van der Waals surface area contributed by atoms with E-state index in [1.807, 2.05) is 30.3 Å². The summed E-state index contributed by atoms with van der Waals surface area (Å²) in [5.74, 6) is 1.68. The zero-order chi connectivity index (χ0) is 15.9. The molecular formula is C17H29N3O2. The molecule has 0 saturated carbocycles. The van der Waals surface area contributed by atoms with Crippen molar-refractivity contribution in [2.45, 2.75) is 26.2 Å². The van der Waals surface area contributed by atoms with Crippen LogP contribution in [0.25, 0.3) is 0 Å². The molecule has 0 saturated heterocycles. The lowest BCUT2D eigenvalue weighted by Crippen LogP contribution is -2.39. The van der Waals surface area contributed by atoms with Crippen molar-refractivity contribution in [3.8, 4) is 5.75 Å². The standard InChI is InChI=1S/C17H29N3O2/c1-3-4-13-21-14-8-11-19-17(18-2)20-12-15-22-16-9-6-5-7-10-16/h5-7,9-10H,3-4,8,11-15H2,1-2H3,(H2,18,19,20). The number of rotatable bonds is 11. The molecule has 0 unspecified atom stereocenters. The van der Waals surface area contributed by atoms with E-state index in [4.69, 9.17) is 9.47 Å². The average Bonchev–Trinajstić information content (AvgIpc) is 2.57. The maximum Gasteiger partial charge on any atom is 0.191 e. The zero-order valence-corrected chi connectivity index (χ0v) is 13.8. The first-order valence-corrected chi connectivity index (χ1v) is 8.07. The molecule has 0 fully saturated rings. The minimum absolute atomic E-state index is 0.602. The molecule has 0 spiro atoms. The Labute approximate surface area is 134 Å². The summed E-state index contributed by atoms with van der Waals surface area (Å²) in [5.41, 5.74) is 0. The lowest BCUT2D eigenvalue weighted by atomic mass is 10.3. The van der Waals surface area contributed by atoms with Gasteiger partial charge in [-0.2, -0.15) is 0 Å². The van der Waals surface area contributed by atoms with Crippen LogP contribution < -0.4 is 15.4 Å². The van der Waals surface area contributed by atoms with Gasteiger partial charge >= 0.3 is 0 Å². The van der Waals surface area contributed by atoms with Crippen molar-refractivity contribution in [2.24, 2.45) is 4.99 Å². The second-order valence-electron chi connectivity index (χ2n) is 4.91. The number of benzene rings is 1. The molecule has 1 rings (SSSR count). The first kappa shape index (κ1) is 18.3. The van der Waals surface area contributed by atoms with Gasteiger partial charge in [0.15, 0.2) is 5.96 Å². The smallest absolute Gasteiger partial charge is 0.191 e. The molecule has 0 aromatic heterocycles. The highest BCUT2D eigenvalue weighted by molar-refractivity contribution is 5.79. The topological polar surface area (TPSA) is 54.9 Å². The summed E-state index contributed by atoms with van der Waals surface area (Å²) in [5, 5.41) is 6.49. The van der Waals surface area contributed by atoms with Gasteiger partial charge in [0, 0.05) is 26.8 Å². The lowest BCUT2D eigenvalue weighted by molar-refractivity contribution is 0.129. The lowest BCUT2D eigenvalue weighted by Gasteiger charge is -2.12. The highest BCUT2D eigenvalue weighted by Crippen LogP contribution is 2.07. The van der Waals surface area contributed by atoms with Crippen molar-refractivity contribution < 1.29 is 9.47 Å². The Morgan fingerprint density at radius 2 is 1.73 bits per heavy atom. The maximum atomic E-state index is 5.62. The molecule has 0 aliphatic heterocycles. The van der Waals surface area contributed by atoms with Crippen LogP contribution in [0.15, 0.2) is 35.3 Å². The Morgan fingerprint density at radius 3 is 2.45 bits per heavy atom. The normalized spacial score (nSPS) is 11.3. The molecule has 0 atom stereocenters. The fourth-order valence-corrected chi connectivity index (χ4v) is 1.81. The van der Waals surface area contributed by atoms with Crippen LogP contribution in [-0.2, 0) is 4.74 Å². The first-order chi connectivity index (χ1) is 10.9. The number of hydrogen-bond acceptors (Lipinski definition) is 3. The first-order valence-electron chi connectivity index (χ1n) is 8.07. The Kier molecular flexibility index (Phi) is 10.8. The van der Waals surface area contributed by atoms with Crippen molar-refractivity contribution in [1.29, 1.82) is 0 Å². The van der Waals surface area contributed by atoms with E-state index >= 15 is 0 Å². The van der Waals surface area contributed by atoms with Gasteiger partial charge in [0.05, 0.1) is 6.54 Å². The van der Waals surface area contributed by atoms with Crippen LogP contribution in [0.2, 0.25) is 0 Å². The van der Waals surface area contributed by atoms with E-state index in [2.05, 4.69) is 22.5 Å². The molecule has 0 bridgehead atoms. The molecule has 2 N–H and O–H groups in total. The second kappa shape index (κ2) is 13.0. The SMILES string of the molecule is CCCCOCCCNC(=NC)NCCOc1ccccc1. The van der Waals surface area contributed by atoms with Crippen LogP contribution in [0.3, 0.4) is 0 Å². The van der Waals surface area contributed by atoms with Crippen LogP contribution >= 0.6 is 0 Å². The van der Waals surface area contributed by atoms with E-state index in [9.17, 15) is 0 Å². The molecule has 0 heterocycles. The number of nitrogens with one attached hydrogen (secondary N) is 2. The summed E-state index contributed by atoms with van der Waals surface area (Å²) < 4.78 is 11.1. The van der Waals surface area contributed by atoms with Crippen molar-refractivity contribution >= 4 is 5.96 Å². The van der Waals surface area contributed by atoms with Crippen LogP contribution in [-0.4, -0.2) is 45.9 Å². The summed E-state index contributed by atoms with van der Waals surface area (Å²) in [6.45, 7) is 5.99. The van der Waals surface area contributed by atoms with Gasteiger partial charge in [-0.1, -0.05) is 31.5 Å². The van der Waals surface area contributed by atoms with Crippen LogP contribution in [0.4, 0.5) is 0 Å². The number of aliphatic imine (C=N–C) groups is 1. The molecule has 0 aliphatic carbocycles. The van der Waals surface area contributed by atoms with Gasteiger partial charge in [0.25, 0.3) is 0 Å². The van der Waals surface area contributed by atoms with Crippen molar-refractivity contribution in [3.63, 3.8) is 0 Å². The van der Waals surface area contributed by atoms with Gasteiger partial charge in [-0.3, -0.25) is 4.99 Å². The highest BCUT2D eigenvalue weighted by Gasteiger charge is 1.97. The number of ether oxygens (including phenoxy) is 2.